The number of benzene rings is 1. The Bertz CT molecular complexity index is 566. The molecule has 1 aromatic heterocycles. The van der Waals surface area contributed by atoms with Gasteiger partial charge in [-0.2, -0.15) is 0 Å². The van der Waals surface area contributed by atoms with Crippen LogP contribution >= 0.6 is 0 Å². The number of hydrogen-bond acceptors (Lipinski definition) is 3. The van der Waals surface area contributed by atoms with Crippen molar-refractivity contribution in [2.45, 2.75) is 13.0 Å². The van der Waals surface area contributed by atoms with Gasteiger partial charge in [0.25, 0.3) is 5.91 Å². The van der Waals surface area contributed by atoms with Gasteiger partial charge in [0.05, 0.1) is 11.7 Å². The van der Waals surface area contributed by atoms with Crippen LogP contribution in [-0.2, 0) is 4.79 Å². The fraction of sp³-hybridized carbons (Fsp3) is 0.286. The third kappa shape index (κ3) is 2.59. The fourth-order valence-corrected chi connectivity index (χ4v) is 1.73. The van der Waals surface area contributed by atoms with Crippen LogP contribution < -0.4 is 4.74 Å². The highest BCUT2D eigenvalue weighted by atomic mass is 16.5. The Kier molecular flexibility index (Phi) is 3.46. The summed E-state index contributed by atoms with van der Waals surface area (Å²) in [5, 5.41) is 1.000. The normalized spacial score (nSPS) is 12.2. The maximum absolute atomic E-state index is 11.7. The van der Waals surface area contributed by atoms with Crippen LogP contribution in [0.5, 0.6) is 5.75 Å². The molecule has 0 radical (unpaired) electrons. The summed E-state index contributed by atoms with van der Waals surface area (Å²) in [5.74, 6) is 0.541. The van der Waals surface area contributed by atoms with Crippen LogP contribution in [-0.4, -0.2) is 36.0 Å². The van der Waals surface area contributed by atoms with E-state index in [4.69, 9.17) is 4.74 Å². The van der Waals surface area contributed by atoms with E-state index in [-0.39, 0.29) is 5.91 Å². The van der Waals surface area contributed by atoms with Crippen LogP contribution in [0.15, 0.2) is 36.5 Å². The van der Waals surface area contributed by atoms with E-state index in [0.717, 1.165) is 10.9 Å². The smallest absolute Gasteiger partial charge is 0.262 e. The molecule has 1 amide bonds. The topological polar surface area (TPSA) is 42.4 Å². The number of para-hydroxylation sites is 1. The third-order valence-electron chi connectivity index (χ3n) is 2.67. The second-order valence-corrected chi connectivity index (χ2v) is 4.36. The number of likely N-dealkylation sites (N-methyl/N-ethyl adjacent to an activating group) is 1. The molecule has 18 heavy (non-hydrogen) atoms. The Hall–Kier alpha value is -2.10. The van der Waals surface area contributed by atoms with Gasteiger partial charge in [-0.15, -0.1) is 0 Å². The maximum atomic E-state index is 11.7. The average Bonchev–Trinajstić information content (AvgIpc) is 2.37. The van der Waals surface area contributed by atoms with E-state index in [9.17, 15) is 4.79 Å². The molecular formula is C14H16N2O2. The van der Waals surface area contributed by atoms with E-state index in [1.807, 2.05) is 30.3 Å². The molecule has 94 valence electrons. The van der Waals surface area contributed by atoms with Crippen LogP contribution in [0, 0.1) is 0 Å². The molecule has 1 unspecified atom stereocenters. The number of ether oxygens (including phenoxy) is 1. The molecule has 0 N–H and O–H groups in total. The van der Waals surface area contributed by atoms with E-state index >= 15 is 0 Å². The van der Waals surface area contributed by atoms with Crippen molar-refractivity contribution in [1.82, 2.24) is 9.88 Å². The first kappa shape index (κ1) is 12.4. The molecule has 0 aliphatic rings. The zero-order valence-electron chi connectivity index (χ0n) is 10.8. The predicted molar refractivity (Wildman–Crippen MR) is 70.5 cm³/mol. The molecule has 1 heterocycles. The Morgan fingerprint density at radius 3 is 2.78 bits per heavy atom. The number of carbonyl (C=O) groups is 1. The lowest BCUT2D eigenvalue weighted by atomic mass is 10.2. The van der Waals surface area contributed by atoms with E-state index in [1.54, 1.807) is 27.2 Å². The second kappa shape index (κ2) is 5.04. The first-order chi connectivity index (χ1) is 8.58. The van der Waals surface area contributed by atoms with Crippen molar-refractivity contribution in [3.8, 4) is 5.75 Å². The molecule has 0 fully saturated rings. The van der Waals surface area contributed by atoms with Crippen LogP contribution in [0.1, 0.15) is 6.92 Å². The molecule has 1 atom stereocenters. The summed E-state index contributed by atoms with van der Waals surface area (Å²) in [7, 11) is 3.42. The average molecular weight is 244 g/mol. The van der Waals surface area contributed by atoms with E-state index in [2.05, 4.69) is 4.98 Å². The predicted octanol–water partition coefficient (Wildman–Crippen LogP) is 2.09. The summed E-state index contributed by atoms with van der Waals surface area (Å²) in [5.41, 5.74) is 0.913. The van der Waals surface area contributed by atoms with E-state index in [0.29, 0.717) is 5.75 Å². The summed E-state index contributed by atoms with van der Waals surface area (Å²) >= 11 is 0. The number of amides is 1. The molecule has 0 aliphatic carbocycles. The molecule has 2 aromatic rings. The lowest BCUT2D eigenvalue weighted by Crippen LogP contribution is -2.35. The number of fused-ring (bicyclic) bond motifs is 1. The van der Waals surface area contributed by atoms with Crippen LogP contribution in [0.2, 0.25) is 0 Å². The summed E-state index contributed by atoms with van der Waals surface area (Å²) < 4.78 is 5.59. The maximum Gasteiger partial charge on any atom is 0.262 e. The van der Waals surface area contributed by atoms with Crippen LogP contribution in [0.4, 0.5) is 0 Å². The summed E-state index contributed by atoms with van der Waals surface area (Å²) in [6, 6.07) is 9.68. The van der Waals surface area contributed by atoms with Crippen molar-refractivity contribution in [3.05, 3.63) is 36.5 Å². The summed E-state index contributed by atoms with van der Waals surface area (Å²) in [6.45, 7) is 1.73. The SMILES string of the molecule is CC(Oc1cnc2ccccc2c1)C(=O)N(C)C. The van der Waals surface area contributed by atoms with Crippen molar-refractivity contribution in [2.75, 3.05) is 14.1 Å². The largest absolute Gasteiger partial charge is 0.479 e. The highest BCUT2D eigenvalue weighted by molar-refractivity contribution is 5.81. The van der Waals surface area contributed by atoms with Gasteiger partial charge in [-0.3, -0.25) is 9.78 Å². The Labute approximate surface area is 106 Å². The highest BCUT2D eigenvalue weighted by Crippen LogP contribution is 2.19. The van der Waals surface area contributed by atoms with Gasteiger partial charge in [0.2, 0.25) is 0 Å². The van der Waals surface area contributed by atoms with Gasteiger partial charge in [-0.25, -0.2) is 0 Å². The van der Waals surface area contributed by atoms with E-state index in [1.165, 1.54) is 4.90 Å². The van der Waals surface area contributed by atoms with Crippen molar-refractivity contribution in [1.29, 1.82) is 0 Å². The van der Waals surface area contributed by atoms with Gasteiger partial charge in [0, 0.05) is 19.5 Å². The molecule has 0 saturated carbocycles. The first-order valence-electron chi connectivity index (χ1n) is 5.80. The van der Waals surface area contributed by atoms with Gasteiger partial charge in [0.1, 0.15) is 5.75 Å². The van der Waals surface area contributed by atoms with Gasteiger partial charge < -0.3 is 9.64 Å². The number of rotatable bonds is 3. The molecule has 0 spiro atoms. The number of pyridine rings is 1. The zero-order chi connectivity index (χ0) is 13.1. The van der Waals surface area contributed by atoms with Crippen LogP contribution in [0.25, 0.3) is 10.9 Å². The van der Waals surface area contributed by atoms with Crippen molar-refractivity contribution in [3.63, 3.8) is 0 Å². The summed E-state index contributed by atoms with van der Waals surface area (Å²) in [4.78, 5) is 17.5. The van der Waals surface area contributed by atoms with Crippen molar-refractivity contribution < 1.29 is 9.53 Å². The molecule has 4 heteroatoms. The number of hydrogen-bond donors (Lipinski definition) is 0. The van der Waals surface area contributed by atoms with Gasteiger partial charge >= 0.3 is 0 Å². The van der Waals surface area contributed by atoms with E-state index < -0.39 is 6.10 Å². The standard InChI is InChI=1S/C14H16N2O2/c1-10(14(17)16(2)3)18-12-8-11-6-4-5-7-13(11)15-9-12/h4-10H,1-3H3. The highest BCUT2D eigenvalue weighted by Gasteiger charge is 2.16. The molecule has 0 aliphatic heterocycles. The van der Waals surface area contributed by atoms with Gasteiger partial charge in [-0.05, 0) is 19.1 Å². The minimum Gasteiger partial charge on any atom is -0.479 e. The van der Waals surface area contributed by atoms with Crippen LogP contribution in [0.3, 0.4) is 0 Å². The third-order valence-corrected chi connectivity index (χ3v) is 2.67. The minimum atomic E-state index is -0.511. The molecule has 2 rings (SSSR count). The molecule has 0 bridgehead atoms. The number of aromatic nitrogens is 1. The van der Waals surface area contributed by atoms with Crippen molar-refractivity contribution >= 4 is 16.8 Å². The monoisotopic (exact) mass is 244 g/mol. The Balaban J connectivity index is 2.19. The fourth-order valence-electron chi connectivity index (χ4n) is 1.73. The zero-order valence-corrected chi connectivity index (χ0v) is 10.8. The second-order valence-electron chi connectivity index (χ2n) is 4.36. The first-order valence-corrected chi connectivity index (χ1v) is 5.80. The Morgan fingerprint density at radius 1 is 1.33 bits per heavy atom. The molecule has 1 aromatic carbocycles. The minimum absolute atomic E-state index is 0.0665. The lowest BCUT2D eigenvalue weighted by Gasteiger charge is -2.18. The van der Waals surface area contributed by atoms with Crippen molar-refractivity contribution in [2.24, 2.45) is 0 Å². The number of carbonyl (C=O) groups excluding carboxylic acids is 1. The molecular weight excluding hydrogens is 228 g/mol. The quantitative estimate of drug-likeness (QED) is 0.830. The molecule has 0 saturated heterocycles. The van der Waals surface area contributed by atoms with Gasteiger partial charge in [0.15, 0.2) is 6.10 Å². The Morgan fingerprint density at radius 2 is 2.06 bits per heavy atom. The lowest BCUT2D eigenvalue weighted by molar-refractivity contribution is -0.135. The summed E-state index contributed by atoms with van der Waals surface area (Å²) in [6.07, 6.45) is 1.13. The number of nitrogens with zero attached hydrogens (tertiary/aromatic N) is 2. The van der Waals surface area contributed by atoms with Gasteiger partial charge in [-0.1, -0.05) is 18.2 Å². The molecule has 4 nitrogen and oxygen atoms in total.